The Balaban J connectivity index is 1.99. The topological polar surface area (TPSA) is 6.48 Å². The maximum atomic E-state index is 3.76. The summed E-state index contributed by atoms with van der Waals surface area (Å²) in [5.41, 5.74) is 1.32. The minimum Gasteiger partial charge on any atom is -0.357 e. The Morgan fingerprint density at radius 2 is 2.00 bits per heavy atom. The van der Waals surface area contributed by atoms with E-state index < -0.39 is 0 Å². The van der Waals surface area contributed by atoms with Crippen molar-refractivity contribution in [3.63, 3.8) is 0 Å². The van der Waals surface area contributed by atoms with Gasteiger partial charge in [0.25, 0.3) is 0 Å². The molecule has 2 nitrogen and oxygen atoms in total. The molecule has 1 aliphatic heterocycles. The van der Waals surface area contributed by atoms with Crippen molar-refractivity contribution in [2.45, 2.75) is 0 Å². The average molecular weight is 188 g/mol. The van der Waals surface area contributed by atoms with Gasteiger partial charge in [-0.3, -0.25) is 4.90 Å². The fraction of sp³-hybridized carbons (Fsp3) is 0.333. The van der Waals surface area contributed by atoms with E-state index >= 15 is 0 Å². The van der Waals surface area contributed by atoms with Crippen LogP contribution in [0.2, 0.25) is 0 Å². The van der Waals surface area contributed by atoms with Gasteiger partial charge in [-0.25, -0.2) is 0 Å². The van der Waals surface area contributed by atoms with Gasteiger partial charge in [0.1, 0.15) is 0 Å². The highest BCUT2D eigenvalue weighted by Gasteiger charge is 2.18. The lowest BCUT2D eigenvalue weighted by Gasteiger charge is -2.18. The molecule has 0 N–H and O–H groups in total. The molecule has 0 aromatic heterocycles. The predicted octanol–water partition coefficient (Wildman–Crippen LogP) is 1.95. The zero-order valence-corrected chi connectivity index (χ0v) is 8.39. The zero-order chi connectivity index (χ0) is 9.80. The third kappa shape index (κ3) is 1.96. The Bertz CT molecular complexity index is 294. The van der Waals surface area contributed by atoms with Crippen LogP contribution >= 0.6 is 0 Å². The molecule has 74 valence electrons. The first-order valence-electron chi connectivity index (χ1n) is 5.03. The van der Waals surface area contributed by atoms with Crippen LogP contribution in [0.5, 0.6) is 0 Å². The minimum absolute atomic E-state index is 0.989. The van der Waals surface area contributed by atoms with Crippen molar-refractivity contribution in [1.29, 1.82) is 0 Å². The fourth-order valence-electron chi connectivity index (χ4n) is 1.83. The molecule has 1 aromatic rings. The Labute approximate surface area is 85.4 Å². The van der Waals surface area contributed by atoms with Gasteiger partial charge in [-0.15, -0.1) is 6.58 Å². The Kier molecular flexibility index (Phi) is 2.84. The van der Waals surface area contributed by atoms with Gasteiger partial charge in [0.2, 0.25) is 0 Å². The molecule has 0 unspecified atom stereocenters. The third-order valence-electron chi connectivity index (χ3n) is 2.57. The van der Waals surface area contributed by atoms with Gasteiger partial charge in [0.15, 0.2) is 0 Å². The van der Waals surface area contributed by atoms with Crippen LogP contribution in [-0.4, -0.2) is 31.2 Å². The number of rotatable bonds is 3. The van der Waals surface area contributed by atoms with E-state index in [0.717, 1.165) is 26.3 Å². The molecule has 0 aliphatic carbocycles. The molecule has 1 heterocycles. The van der Waals surface area contributed by atoms with Gasteiger partial charge in [-0.1, -0.05) is 24.3 Å². The van der Waals surface area contributed by atoms with Crippen LogP contribution in [0.4, 0.5) is 5.69 Å². The van der Waals surface area contributed by atoms with Gasteiger partial charge in [0, 0.05) is 25.3 Å². The van der Waals surface area contributed by atoms with E-state index in [9.17, 15) is 0 Å². The van der Waals surface area contributed by atoms with Crippen molar-refractivity contribution in [3.05, 3.63) is 43.0 Å². The normalized spacial score (nSPS) is 17.3. The lowest BCUT2D eigenvalue weighted by Crippen LogP contribution is -2.25. The number of para-hydroxylation sites is 1. The SMILES string of the molecule is C=CCN1CCN(c2ccccc2)C1. The molecule has 0 radical (unpaired) electrons. The average Bonchev–Trinajstić information content (AvgIpc) is 2.68. The number of hydrogen-bond acceptors (Lipinski definition) is 2. The number of benzene rings is 1. The van der Waals surface area contributed by atoms with E-state index in [1.165, 1.54) is 5.69 Å². The maximum Gasteiger partial charge on any atom is 0.0710 e. The second kappa shape index (κ2) is 4.29. The largest absolute Gasteiger partial charge is 0.357 e. The third-order valence-corrected chi connectivity index (χ3v) is 2.57. The highest BCUT2D eigenvalue weighted by Crippen LogP contribution is 2.17. The smallest absolute Gasteiger partial charge is 0.0710 e. The lowest BCUT2D eigenvalue weighted by atomic mass is 10.3. The van der Waals surface area contributed by atoms with E-state index in [-0.39, 0.29) is 0 Å². The summed E-state index contributed by atoms with van der Waals surface area (Å²) < 4.78 is 0. The van der Waals surface area contributed by atoms with E-state index in [1.807, 2.05) is 6.08 Å². The molecule has 0 atom stereocenters. The first kappa shape index (κ1) is 9.28. The zero-order valence-electron chi connectivity index (χ0n) is 8.39. The fourth-order valence-corrected chi connectivity index (χ4v) is 1.83. The van der Waals surface area contributed by atoms with Crippen molar-refractivity contribution >= 4 is 5.69 Å². The van der Waals surface area contributed by atoms with Crippen LogP contribution in [-0.2, 0) is 0 Å². The molecule has 0 bridgehead atoms. The summed E-state index contributed by atoms with van der Waals surface area (Å²) in [5.74, 6) is 0. The van der Waals surface area contributed by atoms with Gasteiger partial charge in [-0.05, 0) is 12.1 Å². The van der Waals surface area contributed by atoms with E-state index in [2.05, 4.69) is 46.7 Å². The molecule has 1 aliphatic rings. The summed E-state index contributed by atoms with van der Waals surface area (Å²) in [4.78, 5) is 4.78. The van der Waals surface area contributed by atoms with Crippen LogP contribution in [0.15, 0.2) is 43.0 Å². The molecule has 0 saturated carbocycles. The van der Waals surface area contributed by atoms with Gasteiger partial charge in [-0.2, -0.15) is 0 Å². The second-order valence-corrected chi connectivity index (χ2v) is 3.61. The van der Waals surface area contributed by atoms with Crippen molar-refractivity contribution in [3.8, 4) is 0 Å². The molecule has 0 spiro atoms. The van der Waals surface area contributed by atoms with Gasteiger partial charge in [0.05, 0.1) is 6.67 Å². The summed E-state index contributed by atoms with van der Waals surface area (Å²) in [7, 11) is 0. The Hall–Kier alpha value is -1.28. The Morgan fingerprint density at radius 3 is 2.71 bits per heavy atom. The summed E-state index contributed by atoms with van der Waals surface area (Å²) in [5, 5.41) is 0. The van der Waals surface area contributed by atoms with Crippen molar-refractivity contribution in [2.75, 3.05) is 31.2 Å². The Morgan fingerprint density at radius 1 is 1.21 bits per heavy atom. The van der Waals surface area contributed by atoms with Crippen LogP contribution in [0.1, 0.15) is 0 Å². The minimum atomic E-state index is 0.989. The van der Waals surface area contributed by atoms with Crippen molar-refractivity contribution in [1.82, 2.24) is 4.90 Å². The monoisotopic (exact) mass is 188 g/mol. The number of hydrogen-bond donors (Lipinski definition) is 0. The standard InChI is InChI=1S/C12H16N2/c1-2-8-13-9-10-14(11-13)12-6-4-3-5-7-12/h2-7H,1,8-11H2. The molecule has 0 amide bonds. The quantitative estimate of drug-likeness (QED) is 0.669. The molecular weight excluding hydrogens is 172 g/mol. The summed E-state index contributed by atoms with van der Waals surface area (Å²) in [6.45, 7) is 8.04. The van der Waals surface area contributed by atoms with Gasteiger partial charge < -0.3 is 4.90 Å². The predicted molar refractivity (Wildman–Crippen MR) is 60.4 cm³/mol. The van der Waals surface area contributed by atoms with Crippen LogP contribution < -0.4 is 4.90 Å². The molecule has 1 saturated heterocycles. The van der Waals surface area contributed by atoms with Crippen LogP contribution in [0.3, 0.4) is 0 Å². The van der Waals surface area contributed by atoms with Gasteiger partial charge >= 0.3 is 0 Å². The number of anilines is 1. The number of nitrogens with zero attached hydrogens (tertiary/aromatic N) is 2. The van der Waals surface area contributed by atoms with E-state index in [1.54, 1.807) is 0 Å². The molecule has 2 heteroatoms. The first-order chi connectivity index (χ1) is 6.90. The molecule has 1 fully saturated rings. The lowest BCUT2D eigenvalue weighted by molar-refractivity contribution is 0.380. The van der Waals surface area contributed by atoms with Crippen molar-refractivity contribution < 1.29 is 0 Å². The second-order valence-electron chi connectivity index (χ2n) is 3.61. The molecular formula is C12H16N2. The highest BCUT2D eigenvalue weighted by molar-refractivity contribution is 5.46. The van der Waals surface area contributed by atoms with E-state index in [4.69, 9.17) is 0 Å². The first-order valence-corrected chi connectivity index (χ1v) is 5.03. The summed E-state index contributed by atoms with van der Waals surface area (Å²) in [6.07, 6.45) is 1.97. The summed E-state index contributed by atoms with van der Waals surface area (Å²) >= 11 is 0. The highest BCUT2D eigenvalue weighted by atomic mass is 15.4. The van der Waals surface area contributed by atoms with Crippen LogP contribution in [0, 0.1) is 0 Å². The summed E-state index contributed by atoms with van der Waals surface area (Å²) in [6, 6.07) is 10.6. The molecule has 14 heavy (non-hydrogen) atoms. The maximum absolute atomic E-state index is 3.76. The molecule has 2 rings (SSSR count). The van der Waals surface area contributed by atoms with Crippen molar-refractivity contribution in [2.24, 2.45) is 0 Å². The van der Waals surface area contributed by atoms with E-state index in [0.29, 0.717) is 0 Å². The molecule has 1 aromatic carbocycles. The van der Waals surface area contributed by atoms with Crippen LogP contribution in [0.25, 0.3) is 0 Å².